The highest BCUT2D eigenvalue weighted by Gasteiger charge is 2.14. The van der Waals surface area contributed by atoms with Crippen molar-refractivity contribution >= 4 is 46.9 Å². The van der Waals surface area contributed by atoms with Gasteiger partial charge in [-0.15, -0.1) is 0 Å². The van der Waals surface area contributed by atoms with Crippen molar-refractivity contribution in [2.75, 3.05) is 5.32 Å². The fourth-order valence-electron chi connectivity index (χ4n) is 2.43. The van der Waals surface area contributed by atoms with Crippen LogP contribution in [-0.2, 0) is 16.2 Å². The zero-order valence-electron chi connectivity index (χ0n) is 15.9. The van der Waals surface area contributed by atoms with Crippen LogP contribution in [0.25, 0.3) is 0 Å². The number of hydrogen-bond acceptors (Lipinski definition) is 4. The minimum atomic E-state index is -1.04. The molecule has 3 aromatic rings. The van der Waals surface area contributed by atoms with Crippen molar-refractivity contribution in [3.05, 3.63) is 93.7 Å². The molecule has 0 saturated heterocycles. The smallest absolute Gasteiger partial charge is 0.329 e. The van der Waals surface area contributed by atoms with E-state index in [0.29, 0.717) is 26.9 Å². The van der Waals surface area contributed by atoms with Crippen molar-refractivity contribution in [3.63, 3.8) is 0 Å². The molecule has 0 bridgehead atoms. The summed E-state index contributed by atoms with van der Waals surface area (Å²) < 4.78 is 19.2. The molecule has 0 spiro atoms. The summed E-state index contributed by atoms with van der Waals surface area (Å²) in [7, 11) is 0. The van der Waals surface area contributed by atoms with Gasteiger partial charge in [0, 0.05) is 15.6 Å². The molecular formula is C22H16Cl2FN3O3. The summed E-state index contributed by atoms with van der Waals surface area (Å²) in [5.74, 6) is -2.13. The maximum atomic E-state index is 13.5. The Labute approximate surface area is 187 Å². The molecule has 2 N–H and O–H groups in total. The molecule has 0 aliphatic rings. The molecule has 158 valence electrons. The van der Waals surface area contributed by atoms with Crippen LogP contribution < -0.4 is 15.5 Å². The van der Waals surface area contributed by atoms with Gasteiger partial charge in [-0.3, -0.25) is 9.59 Å². The summed E-state index contributed by atoms with van der Waals surface area (Å²) >= 11 is 12.2. The fourth-order valence-corrected chi connectivity index (χ4v) is 2.94. The first kappa shape index (κ1) is 22.3. The summed E-state index contributed by atoms with van der Waals surface area (Å²) in [4.78, 5) is 23.6. The van der Waals surface area contributed by atoms with E-state index in [1.54, 1.807) is 42.5 Å². The van der Waals surface area contributed by atoms with Gasteiger partial charge < -0.3 is 10.1 Å². The molecule has 6 nitrogen and oxygen atoms in total. The van der Waals surface area contributed by atoms with E-state index in [2.05, 4.69) is 15.8 Å². The zero-order valence-corrected chi connectivity index (χ0v) is 17.5. The predicted octanol–water partition coefficient (Wildman–Crippen LogP) is 4.80. The minimum Gasteiger partial charge on any atom is -0.489 e. The quantitative estimate of drug-likeness (QED) is 0.315. The van der Waals surface area contributed by atoms with E-state index in [-0.39, 0.29) is 12.3 Å². The first-order valence-electron chi connectivity index (χ1n) is 8.98. The molecule has 0 atom stereocenters. The number of nitrogens with one attached hydrogen (secondary N) is 2. The van der Waals surface area contributed by atoms with Crippen LogP contribution in [0.2, 0.25) is 10.0 Å². The van der Waals surface area contributed by atoms with E-state index in [9.17, 15) is 14.0 Å². The van der Waals surface area contributed by atoms with Crippen LogP contribution in [0.3, 0.4) is 0 Å². The lowest BCUT2D eigenvalue weighted by atomic mass is 10.2. The number of carbonyl (C=O) groups excluding carboxylic acids is 2. The van der Waals surface area contributed by atoms with Gasteiger partial charge in [0.15, 0.2) is 0 Å². The van der Waals surface area contributed by atoms with E-state index >= 15 is 0 Å². The molecule has 0 radical (unpaired) electrons. The van der Waals surface area contributed by atoms with Gasteiger partial charge in [-0.05, 0) is 54.1 Å². The average molecular weight is 460 g/mol. The lowest BCUT2D eigenvalue weighted by Crippen LogP contribution is -2.32. The molecule has 3 rings (SSSR count). The molecule has 0 aliphatic heterocycles. The maximum absolute atomic E-state index is 13.5. The predicted molar refractivity (Wildman–Crippen MR) is 118 cm³/mol. The highest BCUT2D eigenvalue weighted by Crippen LogP contribution is 2.25. The van der Waals surface area contributed by atoms with E-state index in [0.717, 1.165) is 0 Å². The summed E-state index contributed by atoms with van der Waals surface area (Å²) in [5, 5.41) is 6.92. The van der Waals surface area contributed by atoms with Gasteiger partial charge in [0.05, 0.1) is 11.9 Å². The second-order valence-electron chi connectivity index (χ2n) is 6.19. The van der Waals surface area contributed by atoms with Crippen molar-refractivity contribution in [2.24, 2.45) is 5.10 Å². The second kappa shape index (κ2) is 10.6. The summed E-state index contributed by atoms with van der Waals surface area (Å²) in [6, 6.07) is 17.6. The largest absolute Gasteiger partial charge is 0.489 e. The normalized spacial score (nSPS) is 10.7. The van der Waals surface area contributed by atoms with Crippen LogP contribution in [-0.4, -0.2) is 18.0 Å². The molecule has 0 aliphatic carbocycles. The lowest BCUT2D eigenvalue weighted by Gasteiger charge is -2.09. The SMILES string of the molecule is O=C(NN=Cc1ccc(OCc2c(Cl)cccc2Cl)cc1)C(=O)Nc1ccccc1F. The van der Waals surface area contributed by atoms with Crippen LogP contribution in [0.5, 0.6) is 5.75 Å². The Morgan fingerprint density at radius 3 is 2.29 bits per heavy atom. The topological polar surface area (TPSA) is 79.8 Å². The van der Waals surface area contributed by atoms with E-state index in [4.69, 9.17) is 27.9 Å². The number of amides is 2. The molecule has 0 aromatic heterocycles. The number of rotatable bonds is 6. The summed E-state index contributed by atoms with van der Waals surface area (Å²) in [5.41, 5.74) is 3.32. The van der Waals surface area contributed by atoms with Gasteiger partial charge >= 0.3 is 11.8 Å². The van der Waals surface area contributed by atoms with Crippen LogP contribution in [0.1, 0.15) is 11.1 Å². The Kier molecular flexibility index (Phi) is 7.59. The van der Waals surface area contributed by atoms with Gasteiger partial charge in [0.1, 0.15) is 18.2 Å². The number of benzene rings is 3. The maximum Gasteiger partial charge on any atom is 0.329 e. The Bertz CT molecular complexity index is 1100. The van der Waals surface area contributed by atoms with E-state index < -0.39 is 17.6 Å². The van der Waals surface area contributed by atoms with Crippen molar-refractivity contribution in [1.29, 1.82) is 0 Å². The van der Waals surface area contributed by atoms with E-state index in [1.807, 2.05) is 0 Å². The highest BCUT2D eigenvalue weighted by molar-refractivity contribution is 6.39. The number of para-hydroxylation sites is 1. The Morgan fingerprint density at radius 2 is 1.61 bits per heavy atom. The highest BCUT2D eigenvalue weighted by atomic mass is 35.5. The number of hydrogen-bond donors (Lipinski definition) is 2. The second-order valence-corrected chi connectivity index (χ2v) is 7.01. The van der Waals surface area contributed by atoms with Crippen molar-refractivity contribution in [3.8, 4) is 5.75 Å². The number of hydrazone groups is 1. The minimum absolute atomic E-state index is 0.0969. The van der Waals surface area contributed by atoms with Crippen molar-refractivity contribution in [2.45, 2.75) is 6.61 Å². The first-order chi connectivity index (χ1) is 14.9. The fraction of sp³-hybridized carbons (Fsp3) is 0.0455. The molecule has 31 heavy (non-hydrogen) atoms. The number of anilines is 1. The van der Waals surface area contributed by atoms with E-state index in [1.165, 1.54) is 30.5 Å². The molecule has 9 heteroatoms. The number of nitrogens with zero attached hydrogens (tertiary/aromatic N) is 1. The van der Waals surface area contributed by atoms with Crippen LogP contribution >= 0.6 is 23.2 Å². The molecule has 0 fully saturated rings. The molecule has 3 aromatic carbocycles. The van der Waals surface area contributed by atoms with Crippen LogP contribution in [0.4, 0.5) is 10.1 Å². The van der Waals surface area contributed by atoms with Gasteiger partial charge in [0.25, 0.3) is 0 Å². The lowest BCUT2D eigenvalue weighted by molar-refractivity contribution is -0.136. The third kappa shape index (κ3) is 6.28. The molecule has 0 heterocycles. The standard InChI is InChI=1S/C22H16Cl2FN3O3/c23-17-4-3-5-18(24)16(17)13-31-15-10-8-14(9-11-15)12-26-28-22(30)21(29)27-20-7-2-1-6-19(20)25/h1-12H,13H2,(H,27,29)(H,28,30). The van der Waals surface area contributed by atoms with Gasteiger partial charge in [-0.1, -0.05) is 41.4 Å². The third-order valence-electron chi connectivity index (χ3n) is 4.03. The number of carbonyl (C=O) groups is 2. The zero-order chi connectivity index (χ0) is 22.2. The van der Waals surface area contributed by atoms with Crippen LogP contribution in [0, 0.1) is 5.82 Å². The molecule has 0 unspecified atom stereocenters. The Balaban J connectivity index is 1.50. The average Bonchev–Trinajstić information content (AvgIpc) is 2.76. The molecular weight excluding hydrogens is 444 g/mol. The third-order valence-corrected chi connectivity index (χ3v) is 4.74. The Hall–Kier alpha value is -3.42. The molecule has 0 saturated carbocycles. The number of halogens is 3. The summed E-state index contributed by atoms with van der Waals surface area (Å²) in [6.45, 7) is 0.207. The molecule has 2 amide bonds. The van der Waals surface area contributed by atoms with Crippen molar-refractivity contribution in [1.82, 2.24) is 5.43 Å². The summed E-state index contributed by atoms with van der Waals surface area (Å²) in [6.07, 6.45) is 1.35. The van der Waals surface area contributed by atoms with Gasteiger partial charge in [0.2, 0.25) is 0 Å². The van der Waals surface area contributed by atoms with Crippen LogP contribution in [0.15, 0.2) is 71.8 Å². The number of ether oxygens (including phenoxy) is 1. The monoisotopic (exact) mass is 459 g/mol. The Morgan fingerprint density at radius 1 is 0.935 bits per heavy atom. The van der Waals surface area contributed by atoms with Crippen molar-refractivity contribution < 1.29 is 18.7 Å². The van der Waals surface area contributed by atoms with Gasteiger partial charge in [-0.2, -0.15) is 5.10 Å². The first-order valence-corrected chi connectivity index (χ1v) is 9.74. The van der Waals surface area contributed by atoms with Gasteiger partial charge in [-0.25, -0.2) is 9.82 Å².